The maximum Gasteiger partial charge on any atom is 0.258 e. The van der Waals surface area contributed by atoms with Crippen LogP contribution in [-0.4, -0.2) is 49.8 Å². The molecule has 8 heteroatoms. The van der Waals surface area contributed by atoms with Gasteiger partial charge in [-0.15, -0.1) is 12.4 Å². The van der Waals surface area contributed by atoms with E-state index in [-0.39, 0.29) is 49.0 Å². The lowest BCUT2D eigenvalue weighted by molar-refractivity contribution is -0.129. The van der Waals surface area contributed by atoms with Gasteiger partial charge in [0.2, 0.25) is 5.91 Å². The summed E-state index contributed by atoms with van der Waals surface area (Å²) in [4.78, 5) is 24.0. The fraction of sp³-hybridized carbons (Fsp3) is 0.579. The second-order valence-corrected chi connectivity index (χ2v) is 6.94. The van der Waals surface area contributed by atoms with Gasteiger partial charge in [-0.3, -0.25) is 9.59 Å². The highest BCUT2D eigenvalue weighted by Gasteiger charge is 2.29. The van der Waals surface area contributed by atoms with E-state index in [0.29, 0.717) is 24.9 Å². The topological polar surface area (TPSA) is 88.7 Å². The fourth-order valence-corrected chi connectivity index (χ4v) is 2.91. The van der Waals surface area contributed by atoms with Crippen molar-refractivity contribution in [1.82, 2.24) is 16.0 Å². The molecule has 2 fully saturated rings. The van der Waals surface area contributed by atoms with Crippen molar-refractivity contribution in [3.8, 4) is 5.75 Å². The Morgan fingerprint density at radius 2 is 2.00 bits per heavy atom. The van der Waals surface area contributed by atoms with Gasteiger partial charge >= 0.3 is 0 Å². The number of halogens is 1. The molecule has 0 spiro atoms. The largest absolute Gasteiger partial charge is 0.484 e. The van der Waals surface area contributed by atoms with Crippen molar-refractivity contribution in [2.45, 2.75) is 50.9 Å². The summed E-state index contributed by atoms with van der Waals surface area (Å²) in [5, 5.41) is 9.08. The van der Waals surface area contributed by atoms with E-state index in [1.807, 2.05) is 38.1 Å². The number of morpholine rings is 1. The van der Waals surface area contributed by atoms with E-state index in [9.17, 15) is 9.59 Å². The van der Waals surface area contributed by atoms with E-state index in [4.69, 9.17) is 9.47 Å². The molecule has 0 aromatic heterocycles. The van der Waals surface area contributed by atoms with Crippen LogP contribution in [0, 0.1) is 0 Å². The van der Waals surface area contributed by atoms with Gasteiger partial charge in [0.25, 0.3) is 5.91 Å². The molecule has 3 N–H and O–H groups in total. The van der Waals surface area contributed by atoms with Gasteiger partial charge in [-0.05, 0) is 44.4 Å². The van der Waals surface area contributed by atoms with Crippen LogP contribution in [0.3, 0.4) is 0 Å². The normalized spacial score (nSPS) is 22.9. The Labute approximate surface area is 166 Å². The first-order chi connectivity index (χ1) is 12.5. The van der Waals surface area contributed by atoms with Crippen LogP contribution in [0.5, 0.6) is 5.75 Å². The molecule has 1 aromatic carbocycles. The van der Waals surface area contributed by atoms with Gasteiger partial charge in [0.15, 0.2) is 6.61 Å². The lowest BCUT2D eigenvalue weighted by Crippen LogP contribution is -2.55. The van der Waals surface area contributed by atoms with Crippen molar-refractivity contribution >= 4 is 24.2 Å². The molecule has 2 aliphatic rings. The summed E-state index contributed by atoms with van der Waals surface area (Å²) in [5.74, 6) is 0.476. The van der Waals surface area contributed by atoms with E-state index >= 15 is 0 Å². The molecule has 1 aliphatic carbocycles. The Morgan fingerprint density at radius 3 is 2.63 bits per heavy atom. The van der Waals surface area contributed by atoms with Gasteiger partial charge < -0.3 is 25.4 Å². The number of hydrogen-bond donors (Lipinski definition) is 3. The van der Waals surface area contributed by atoms with Crippen LogP contribution in [-0.2, 0) is 14.3 Å². The molecular weight excluding hydrogens is 370 g/mol. The second-order valence-electron chi connectivity index (χ2n) is 6.94. The number of ether oxygens (including phenoxy) is 2. The lowest BCUT2D eigenvalue weighted by Gasteiger charge is -2.30. The van der Waals surface area contributed by atoms with Crippen LogP contribution in [0.4, 0.5) is 0 Å². The monoisotopic (exact) mass is 397 g/mol. The Kier molecular flexibility index (Phi) is 7.89. The Balaban J connectivity index is 0.00000261. The molecular formula is C19H28ClN3O4. The van der Waals surface area contributed by atoms with Crippen LogP contribution in [0.2, 0.25) is 0 Å². The predicted molar refractivity (Wildman–Crippen MR) is 104 cm³/mol. The number of carbonyl (C=O) groups is 2. The van der Waals surface area contributed by atoms with E-state index in [1.54, 1.807) is 0 Å². The summed E-state index contributed by atoms with van der Waals surface area (Å²) >= 11 is 0. The van der Waals surface area contributed by atoms with Crippen LogP contribution in [0.1, 0.15) is 38.3 Å². The predicted octanol–water partition coefficient (Wildman–Crippen LogP) is 1.32. The second kappa shape index (κ2) is 9.92. The van der Waals surface area contributed by atoms with Crippen LogP contribution in [0.15, 0.2) is 24.3 Å². The minimum absolute atomic E-state index is 0. The molecule has 1 saturated carbocycles. The Morgan fingerprint density at radius 1 is 1.30 bits per heavy atom. The molecule has 1 aliphatic heterocycles. The standard InChI is InChI=1S/C19H27N3O4.ClH/c1-12(21-19(24)18-13(2)25-10-9-20-18)14-3-7-16(8-4-14)26-11-17(23)22-15-5-6-15;/h3-4,7-8,12-13,15,18,20H,5-6,9-11H2,1-2H3,(H,21,24)(H,22,23);1H/t12?,13-,18+;/m1./s1. The summed E-state index contributed by atoms with van der Waals surface area (Å²) in [6.07, 6.45) is 1.98. The van der Waals surface area contributed by atoms with Crippen molar-refractivity contribution in [3.05, 3.63) is 29.8 Å². The first kappa shape index (κ1) is 21.5. The summed E-state index contributed by atoms with van der Waals surface area (Å²) in [6.45, 7) is 5.16. The maximum absolute atomic E-state index is 12.4. The maximum atomic E-state index is 12.4. The molecule has 27 heavy (non-hydrogen) atoms. The highest BCUT2D eigenvalue weighted by atomic mass is 35.5. The lowest BCUT2D eigenvalue weighted by atomic mass is 10.1. The molecule has 1 aromatic rings. The van der Waals surface area contributed by atoms with Crippen LogP contribution in [0.25, 0.3) is 0 Å². The van der Waals surface area contributed by atoms with Crippen molar-refractivity contribution in [2.24, 2.45) is 0 Å². The number of rotatable bonds is 7. The zero-order chi connectivity index (χ0) is 18.5. The molecule has 1 saturated heterocycles. The van der Waals surface area contributed by atoms with E-state index in [0.717, 1.165) is 18.4 Å². The smallest absolute Gasteiger partial charge is 0.258 e. The minimum Gasteiger partial charge on any atom is -0.484 e. The number of carbonyl (C=O) groups excluding carboxylic acids is 2. The summed E-state index contributed by atoms with van der Waals surface area (Å²) in [7, 11) is 0. The fourth-order valence-electron chi connectivity index (χ4n) is 2.91. The van der Waals surface area contributed by atoms with E-state index in [1.165, 1.54) is 0 Å². The number of amides is 2. The third-order valence-electron chi connectivity index (χ3n) is 4.65. The zero-order valence-corrected chi connectivity index (χ0v) is 16.5. The van der Waals surface area contributed by atoms with Gasteiger partial charge in [0.05, 0.1) is 18.8 Å². The number of hydrogen-bond acceptors (Lipinski definition) is 5. The van der Waals surface area contributed by atoms with Crippen molar-refractivity contribution in [2.75, 3.05) is 19.8 Å². The van der Waals surface area contributed by atoms with E-state index in [2.05, 4.69) is 16.0 Å². The number of nitrogens with one attached hydrogen (secondary N) is 3. The number of benzene rings is 1. The van der Waals surface area contributed by atoms with Crippen LogP contribution < -0.4 is 20.7 Å². The highest BCUT2D eigenvalue weighted by Crippen LogP contribution is 2.20. The van der Waals surface area contributed by atoms with Gasteiger partial charge in [0, 0.05) is 12.6 Å². The average Bonchev–Trinajstić information content (AvgIpc) is 3.44. The highest BCUT2D eigenvalue weighted by molar-refractivity contribution is 5.85. The quantitative estimate of drug-likeness (QED) is 0.645. The summed E-state index contributed by atoms with van der Waals surface area (Å²) in [6, 6.07) is 7.29. The van der Waals surface area contributed by atoms with Crippen LogP contribution >= 0.6 is 12.4 Å². The molecule has 0 radical (unpaired) electrons. The molecule has 1 unspecified atom stereocenters. The van der Waals surface area contributed by atoms with Crippen molar-refractivity contribution in [1.29, 1.82) is 0 Å². The summed E-state index contributed by atoms with van der Waals surface area (Å²) < 4.78 is 11.0. The average molecular weight is 398 g/mol. The molecule has 0 bridgehead atoms. The van der Waals surface area contributed by atoms with Crippen molar-refractivity contribution in [3.63, 3.8) is 0 Å². The van der Waals surface area contributed by atoms with Gasteiger partial charge in [-0.2, -0.15) is 0 Å². The molecule has 3 atom stereocenters. The first-order valence-electron chi connectivity index (χ1n) is 9.20. The molecule has 1 heterocycles. The summed E-state index contributed by atoms with van der Waals surface area (Å²) in [5.41, 5.74) is 0.970. The SMILES string of the molecule is CC(NC(=O)[C@H]1NCCO[C@@H]1C)c1ccc(OCC(=O)NC2CC2)cc1.Cl. The zero-order valence-electron chi connectivity index (χ0n) is 15.7. The molecule has 3 rings (SSSR count). The third kappa shape index (κ3) is 6.37. The molecule has 2 amide bonds. The Hall–Kier alpha value is -1.83. The Bertz CT molecular complexity index is 636. The molecule has 150 valence electrons. The van der Waals surface area contributed by atoms with Gasteiger partial charge in [-0.1, -0.05) is 12.1 Å². The molecule has 7 nitrogen and oxygen atoms in total. The first-order valence-corrected chi connectivity index (χ1v) is 9.20. The van der Waals surface area contributed by atoms with Crippen molar-refractivity contribution < 1.29 is 19.1 Å². The third-order valence-corrected chi connectivity index (χ3v) is 4.65. The van der Waals surface area contributed by atoms with E-state index < -0.39 is 0 Å². The van der Waals surface area contributed by atoms with Gasteiger partial charge in [-0.25, -0.2) is 0 Å². The van der Waals surface area contributed by atoms with Gasteiger partial charge in [0.1, 0.15) is 11.8 Å². The minimum atomic E-state index is -0.334.